The van der Waals surface area contributed by atoms with Crippen LogP contribution in [0.3, 0.4) is 0 Å². The van der Waals surface area contributed by atoms with Crippen LogP contribution in [0.2, 0.25) is 0 Å². The highest BCUT2D eigenvalue weighted by molar-refractivity contribution is 7.94. The van der Waals surface area contributed by atoms with Crippen LogP contribution in [0, 0.1) is 6.92 Å². The molecule has 3 heteroatoms. The van der Waals surface area contributed by atoms with Crippen LogP contribution >= 0.6 is 0 Å². The zero-order valence-corrected chi connectivity index (χ0v) is 10.6. The molecule has 16 heavy (non-hydrogen) atoms. The van der Waals surface area contributed by atoms with E-state index in [4.69, 9.17) is 0 Å². The standard InChI is InChI=1S/C13H18O2S/c1-3-4-5-6-11-16(14,15)13-9-7-12(2)8-10-13/h6-11H,3-5H2,1-2H3/b11-6-. The first-order valence-electron chi connectivity index (χ1n) is 5.54. The smallest absolute Gasteiger partial charge is 0.199 e. The molecule has 0 fully saturated rings. The molecule has 0 aromatic heterocycles. The monoisotopic (exact) mass is 238 g/mol. The van der Waals surface area contributed by atoms with Gasteiger partial charge in [0.25, 0.3) is 0 Å². The second-order valence-electron chi connectivity index (χ2n) is 3.87. The van der Waals surface area contributed by atoms with Crippen molar-refractivity contribution in [2.45, 2.75) is 38.0 Å². The third-order valence-electron chi connectivity index (χ3n) is 2.35. The average molecular weight is 238 g/mol. The van der Waals surface area contributed by atoms with Crippen LogP contribution in [0.25, 0.3) is 0 Å². The van der Waals surface area contributed by atoms with Gasteiger partial charge in [0.1, 0.15) is 0 Å². The van der Waals surface area contributed by atoms with E-state index < -0.39 is 9.84 Å². The fourth-order valence-electron chi connectivity index (χ4n) is 1.32. The lowest BCUT2D eigenvalue weighted by Gasteiger charge is -1.99. The van der Waals surface area contributed by atoms with Crippen LogP contribution in [0.4, 0.5) is 0 Å². The highest BCUT2D eigenvalue weighted by Crippen LogP contribution is 2.13. The summed E-state index contributed by atoms with van der Waals surface area (Å²) in [6, 6.07) is 6.92. The van der Waals surface area contributed by atoms with Gasteiger partial charge in [0.05, 0.1) is 4.90 Å². The quantitative estimate of drug-likeness (QED) is 0.736. The van der Waals surface area contributed by atoms with E-state index in [1.165, 1.54) is 5.41 Å². The van der Waals surface area contributed by atoms with Crippen LogP contribution < -0.4 is 0 Å². The number of hydrogen-bond acceptors (Lipinski definition) is 2. The maximum atomic E-state index is 11.8. The predicted octanol–water partition coefficient (Wildman–Crippen LogP) is 3.47. The van der Waals surface area contributed by atoms with Crippen molar-refractivity contribution in [1.82, 2.24) is 0 Å². The van der Waals surface area contributed by atoms with Crippen LogP contribution in [-0.4, -0.2) is 8.42 Å². The van der Waals surface area contributed by atoms with E-state index in [2.05, 4.69) is 6.92 Å². The Balaban J connectivity index is 2.78. The molecule has 0 heterocycles. The minimum atomic E-state index is -3.24. The van der Waals surface area contributed by atoms with Gasteiger partial charge < -0.3 is 0 Å². The summed E-state index contributed by atoms with van der Waals surface area (Å²) in [5.74, 6) is 0. The lowest BCUT2D eigenvalue weighted by atomic mass is 10.2. The molecule has 88 valence electrons. The van der Waals surface area contributed by atoms with Crippen molar-refractivity contribution >= 4 is 9.84 Å². The van der Waals surface area contributed by atoms with E-state index in [1.807, 2.05) is 19.1 Å². The van der Waals surface area contributed by atoms with E-state index >= 15 is 0 Å². The molecule has 0 aliphatic carbocycles. The summed E-state index contributed by atoms with van der Waals surface area (Å²) in [6.07, 6.45) is 4.66. The Hall–Kier alpha value is -1.09. The average Bonchev–Trinajstić information content (AvgIpc) is 2.25. The molecule has 0 atom stereocenters. The fourth-order valence-corrected chi connectivity index (χ4v) is 2.39. The van der Waals surface area contributed by atoms with E-state index in [-0.39, 0.29) is 0 Å². The molecular formula is C13H18O2S. The Morgan fingerprint density at radius 1 is 1.19 bits per heavy atom. The number of sulfone groups is 1. The molecule has 1 aromatic rings. The Labute approximate surface area is 97.9 Å². The molecule has 0 saturated carbocycles. The third kappa shape index (κ3) is 3.81. The summed E-state index contributed by atoms with van der Waals surface area (Å²) in [4.78, 5) is 0.367. The molecule has 0 amide bonds. The van der Waals surface area contributed by atoms with Crippen LogP contribution in [0.15, 0.2) is 40.6 Å². The van der Waals surface area contributed by atoms with Gasteiger partial charge in [-0.2, -0.15) is 0 Å². The lowest BCUT2D eigenvalue weighted by molar-refractivity contribution is 0.604. The fraction of sp³-hybridized carbons (Fsp3) is 0.385. The molecule has 1 aromatic carbocycles. The number of aryl methyl sites for hydroxylation is 1. The van der Waals surface area contributed by atoms with Gasteiger partial charge in [0, 0.05) is 5.41 Å². The Kier molecular flexibility index (Phi) is 4.74. The minimum absolute atomic E-state index is 0.367. The lowest BCUT2D eigenvalue weighted by Crippen LogP contribution is -1.95. The molecule has 0 aliphatic heterocycles. The van der Waals surface area contributed by atoms with Crippen LogP contribution in [0.5, 0.6) is 0 Å². The second-order valence-corrected chi connectivity index (χ2v) is 5.71. The largest absolute Gasteiger partial charge is 0.219 e. The van der Waals surface area contributed by atoms with Crippen molar-refractivity contribution in [1.29, 1.82) is 0 Å². The first-order valence-corrected chi connectivity index (χ1v) is 7.09. The second kappa shape index (κ2) is 5.85. The summed E-state index contributed by atoms with van der Waals surface area (Å²) < 4.78 is 23.6. The number of hydrogen-bond donors (Lipinski definition) is 0. The molecule has 0 spiro atoms. The highest BCUT2D eigenvalue weighted by atomic mass is 32.2. The zero-order valence-electron chi connectivity index (χ0n) is 9.81. The maximum Gasteiger partial charge on any atom is 0.199 e. The van der Waals surface area contributed by atoms with Crippen molar-refractivity contribution < 1.29 is 8.42 Å². The Morgan fingerprint density at radius 2 is 1.81 bits per heavy atom. The topological polar surface area (TPSA) is 34.1 Å². The maximum absolute atomic E-state index is 11.8. The molecular weight excluding hydrogens is 220 g/mol. The molecule has 0 N–H and O–H groups in total. The summed E-state index contributed by atoms with van der Waals surface area (Å²) >= 11 is 0. The normalized spacial score (nSPS) is 12.1. The van der Waals surface area contributed by atoms with Gasteiger partial charge in [-0.3, -0.25) is 0 Å². The number of unbranched alkanes of at least 4 members (excludes halogenated alkanes) is 2. The van der Waals surface area contributed by atoms with Crippen LogP contribution in [0.1, 0.15) is 31.7 Å². The van der Waals surface area contributed by atoms with E-state index in [9.17, 15) is 8.42 Å². The highest BCUT2D eigenvalue weighted by Gasteiger charge is 2.08. The molecule has 0 unspecified atom stereocenters. The summed E-state index contributed by atoms with van der Waals surface area (Å²) in [6.45, 7) is 4.02. The zero-order chi connectivity index (χ0) is 12.0. The predicted molar refractivity (Wildman–Crippen MR) is 67.0 cm³/mol. The Bertz CT molecular complexity index is 441. The summed E-state index contributed by atoms with van der Waals surface area (Å²) in [5.41, 5.74) is 1.06. The van der Waals surface area contributed by atoms with Gasteiger partial charge in [-0.15, -0.1) is 0 Å². The van der Waals surface area contributed by atoms with E-state index in [0.29, 0.717) is 4.90 Å². The van der Waals surface area contributed by atoms with Gasteiger partial charge in [-0.25, -0.2) is 8.42 Å². The van der Waals surface area contributed by atoms with Crippen LogP contribution in [-0.2, 0) is 9.84 Å². The van der Waals surface area contributed by atoms with Gasteiger partial charge in [-0.1, -0.05) is 43.5 Å². The third-order valence-corrected chi connectivity index (χ3v) is 3.83. The van der Waals surface area contributed by atoms with E-state index in [1.54, 1.807) is 18.2 Å². The molecule has 2 nitrogen and oxygen atoms in total. The van der Waals surface area contributed by atoms with Gasteiger partial charge in [-0.05, 0) is 25.5 Å². The van der Waals surface area contributed by atoms with Crippen molar-refractivity contribution in [2.24, 2.45) is 0 Å². The van der Waals surface area contributed by atoms with Gasteiger partial charge in [0.2, 0.25) is 0 Å². The summed E-state index contributed by atoms with van der Waals surface area (Å²) in [5, 5.41) is 1.31. The number of rotatable bonds is 5. The molecule has 1 rings (SSSR count). The van der Waals surface area contributed by atoms with Gasteiger partial charge in [0.15, 0.2) is 9.84 Å². The first kappa shape index (κ1) is 13.0. The first-order chi connectivity index (χ1) is 7.56. The van der Waals surface area contributed by atoms with Gasteiger partial charge >= 0.3 is 0 Å². The van der Waals surface area contributed by atoms with E-state index in [0.717, 1.165) is 24.8 Å². The number of allylic oxidation sites excluding steroid dienone is 1. The van der Waals surface area contributed by atoms with Crippen molar-refractivity contribution in [3.8, 4) is 0 Å². The molecule has 0 saturated heterocycles. The molecule has 0 aliphatic rings. The minimum Gasteiger partial charge on any atom is -0.219 e. The van der Waals surface area contributed by atoms with Crippen molar-refractivity contribution in [3.05, 3.63) is 41.3 Å². The SMILES string of the molecule is CCCC/C=C\S(=O)(=O)c1ccc(C)cc1. The number of benzene rings is 1. The Morgan fingerprint density at radius 3 is 2.38 bits per heavy atom. The van der Waals surface area contributed by atoms with Crippen molar-refractivity contribution in [3.63, 3.8) is 0 Å². The summed E-state index contributed by atoms with van der Waals surface area (Å²) in [7, 11) is -3.24. The molecule has 0 radical (unpaired) electrons. The molecule has 0 bridgehead atoms. The van der Waals surface area contributed by atoms with Crippen molar-refractivity contribution in [2.75, 3.05) is 0 Å².